The molecule has 0 amide bonds. The van der Waals surface area contributed by atoms with Gasteiger partial charge in [-0.1, -0.05) is 19.1 Å². The zero-order chi connectivity index (χ0) is 8.97. The van der Waals surface area contributed by atoms with Crippen LogP contribution >= 0.6 is 0 Å². The molecule has 0 aliphatic carbocycles. The van der Waals surface area contributed by atoms with Gasteiger partial charge in [-0.2, -0.15) is 0 Å². The van der Waals surface area contributed by atoms with E-state index in [4.69, 9.17) is 0 Å². The third-order valence-electron chi connectivity index (χ3n) is 1.85. The Bertz CT molecular complexity index is 279. The van der Waals surface area contributed by atoms with Gasteiger partial charge in [-0.25, -0.2) is 0 Å². The summed E-state index contributed by atoms with van der Waals surface area (Å²) in [5.74, 6) is 0.289. The Morgan fingerprint density at radius 3 is 2.75 bits per heavy atom. The highest BCUT2D eigenvalue weighted by atomic mass is 16.3. The van der Waals surface area contributed by atoms with Crippen molar-refractivity contribution in [1.82, 2.24) is 0 Å². The quantitative estimate of drug-likeness (QED) is 0.690. The maximum atomic E-state index is 10.2. The first-order valence-corrected chi connectivity index (χ1v) is 4.02. The summed E-state index contributed by atoms with van der Waals surface area (Å²) in [6.07, 6.45) is 2.02. The third-order valence-corrected chi connectivity index (χ3v) is 1.85. The van der Waals surface area contributed by atoms with Gasteiger partial charge in [-0.3, -0.25) is 0 Å². The zero-order valence-corrected chi connectivity index (χ0v) is 7.08. The Kier molecular flexibility index (Phi) is 2.86. The first-order valence-electron chi connectivity index (χ1n) is 4.02. The molecule has 0 saturated heterocycles. The molecule has 1 rings (SSSR count). The Hall–Kier alpha value is -1.31. The third kappa shape index (κ3) is 1.84. The van der Waals surface area contributed by atoms with E-state index < -0.39 is 0 Å². The molecule has 0 unspecified atom stereocenters. The Balaban J connectivity index is 2.93. The summed E-state index contributed by atoms with van der Waals surface area (Å²) in [6.45, 7) is 1.98. The second-order valence-electron chi connectivity index (χ2n) is 2.69. The van der Waals surface area contributed by atoms with E-state index in [0.29, 0.717) is 6.42 Å². The van der Waals surface area contributed by atoms with Crippen molar-refractivity contribution in [2.45, 2.75) is 19.8 Å². The number of hydrogen-bond acceptors (Lipinski definition) is 2. The van der Waals surface area contributed by atoms with Crippen LogP contribution in [-0.2, 0) is 17.6 Å². The van der Waals surface area contributed by atoms with E-state index in [1.807, 2.05) is 19.1 Å². The number of phenols is 1. The van der Waals surface area contributed by atoms with Gasteiger partial charge in [0, 0.05) is 6.42 Å². The monoisotopic (exact) mass is 164 g/mol. The molecular weight excluding hydrogens is 152 g/mol. The van der Waals surface area contributed by atoms with Crippen molar-refractivity contribution in [2.24, 2.45) is 0 Å². The largest absolute Gasteiger partial charge is 0.508 e. The van der Waals surface area contributed by atoms with Gasteiger partial charge in [0.15, 0.2) is 0 Å². The number of aromatic hydroxyl groups is 1. The van der Waals surface area contributed by atoms with Crippen molar-refractivity contribution in [1.29, 1.82) is 0 Å². The minimum atomic E-state index is 0.289. The van der Waals surface area contributed by atoms with Gasteiger partial charge in [0.1, 0.15) is 12.0 Å². The first kappa shape index (κ1) is 8.78. The summed E-state index contributed by atoms with van der Waals surface area (Å²) >= 11 is 0. The van der Waals surface area contributed by atoms with Crippen LogP contribution in [0.3, 0.4) is 0 Å². The lowest BCUT2D eigenvalue weighted by Crippen LogP contribution is -1.88. The highest BCUT2D eigenvalue weighted by Crippen LogP contribution is 2.18. The molecule has 0 fully saturated rings. The van der Waals surface area contributed by atoms with E-state index in [1.165, 1.54) is 0 Å². The van der Waals surface area contributed by atoms with Gasteiger partial charge in [-0.05, 0) is 23.6 Å². The fourth-order valence-corrected chi connectivity index (χ4v) is 1.13. The number of rotatable bonds is 3. The topological polar surface area (TPSA) is 37.3 Å². The summed E-state index contributed by atoms with van der Waals surface area (Å²) in [6, 6.07) is 5.37. The van der Waals surface area contributed by atoms with Crippen molar-refractivity contribution in [2.75, 3.05) is 0 Å². The molecule has 0 spiro atoms. The lowest BCUT2D eigenvalue weighted by molar-refractivity contribution is -0.107. The second kappa shape index (κ2) is 3.90. The van der Waals surface area contributed by atoms with Crippen LogP contribution in [0.4, 0.5) is 0 Å². The number of aryl methyl sites for hydroxylation is 1. The highest BCUT2D eigenvalue weighted by molar-refractivity contribution is 5.55. The summed E-state index contributed by atoms with van der Waals surface area (Å²) in [5, 5.41) is 9.40. The number of benzene rings is 1. The second-order valence-corrected chi connectivity index (χ2v) is 2.69. The van der Waals surface area contributed by atoms with Gasteiger partial charge >= 0.3 is 0 Å². The number of aldehydes is 1. The van der Waals surface area contributed by atoms with Crippen molar-refractivity contribution >= 4 is 6.29 Å². The van der Waals surface area contributed by atoms with Crippen LogP contribution in [0.15, 0.2) is 18.2 Å². The molecule has 1 aromatic rings. The lowest BCUT2D eigenvalue weighted by atomic mass is 10.1. The average Bonchev–Trinajstić information content (AvgIpc) is 2.05. The summed E-state index contributed by atoms with van der Waals surface area (Å²) in [4.78, 5) is 10.2. The molecule has 0 saturated carbocycles. The lowest BCUT2D eigenvalue weighted by Gasteiger charge is -2.02. The molecule has 0 radical (unpaired) electrons. The van der Waals surface area contributed by atoms with Crippen LogP contribution < -0.4 is 0 Å². The molecule has 12 heavy (non-hydrogen) atoms. The first-order chi connectivity index (χ1) is 5.77. The molecule has 2 heteroatoms. The Morgan fingerprint density at radius 1 is 1.50 bits per heavy atom. The normalized spacial score (nSPS) is 9.75. The van der Waals surface area contributed by atoms with Crippen LogP contribution in [0.25, 0.3) is 0 Å². The Morgan fingerprint density at radius 2 is 2.25 bits per heavy atom. The van der Waals surface area contributed by atoms with E-state index in [1.54, 1.807) is 6.07 Å². The zero-order valence-electron chi connectivity index (χ0n) is 7.08. The molecular formula is C10H12O2. The smallest absolute Gasteiger partial charge is 0.124 e. The molecule has 0 bridgehead atoms. The van der Waals surface area contributed by atoms with Crippen molar-refractivity contribution in [3.63, 3.8) is 0 Å². The highest BCUT2D eigenvalue weighted by Gasteiger charge is 1.99. The molecule has 0 heterocycles. The van der Waals surface area contributed by atoms with Crippen molar-refractivity contribution in [3.05, 3.63) is 29.3 Å². The molecule has 64 valence electrons. The van der Waals surface area contributed by atoms with E-state index in [9.17, 15) is 9.90 Å². The number of hydrogen-bond donors (Lipinski definition) is 1. The van der Waals surface area contributed by atoms with Gasteiger partial charge in [0.25, 0.3) is 0 Å². The SMILES string of the molecule is CCc1ccc(CC=O)cc1O. The maximum Gasteiger partial charge on any atom is 0.124 e. The van der Waals surface area contributed by atoms with Crippen LogP contribution in [-0.4, -0.2) is 11.4 Å². The van der Waals surface area contributed by atoms with Crippen LogP contribution in [0.1, 0.15) is 18.1 Å². The molecule has 1 N–H and O–H groups in total. The molecule has 0 aliphatic rings. The Labute approximate surface area is 71.8 Å². The van der Waals surface area contributed by atoms with E-state index in [2.05, 4.69) is 0 Å². The van der Waals surface area contributed by atoms with Gasteiger partial charge in [0.2, 0.25) is 0 Å². The van der Waals surface area contributed by atoms with E-state index in [0.717, 1.165) is 23.8 Å². The van der Waals surface area contributed by atoms with Gasteiger partial charge in [0.05, 0.1) is 0 Å². The number of phenolic OH excluding ortho intramolecular Hbond substituents is 1. The molecule has 1 aromatic carbocycles. The van der Waals surface area contributed by atoms with Gasteiger partial charge < -0.3 is 9.90 Å². The fourth-order valence-electron chi connectivity index (χ4n) is 1.13. The predicted molar refractivity (Wildman–Crippen MR) is 47.3 cm³/mol. The van der Waals surface area contributed by atoms with Crippen LogP contribution in [0.5, 0.6) is 5.75 Å². The van der Waals surface area contributed by atoms with Crippen LogP contribution in [0.2, 0.25) is 0 Å². The molecule has 0 aromatic heterocycles. The van der Waals surface area contributed by atoms with Crippen LogP contribution in [0, 0.1) is 0 Å². The minimum absolute atomic E-state index is 0.289. The molecule has 2 nitrogen and oxygen atoms in total. The standard InChI is InChI=1S/C10H12O2/c1-2-9-4-3-8(5-6-11)7-10(9)12/h3-4,6-7,12H,2,5H2,1H3. The molecule has 0 atom stereocenters. The van der Waals surface area contributed by atoms with Crippen molar-refractivity contribution in [3.8, 4) is 5.75 Å². The maximum absolute atomic E-state index is 10.2. The summed E-state index contributed by atoms with van der Waals surface area (Å²) < 4.78 is 0. The minimum Gasteiger partial charge on any atom is -0.508 e. The average molecular weight is 164 g/mol. The number of carbonyl (C=O) groups excluding carboxylic acids is 1. The van der Waals surface area contributed by atoms with E-state index in [-0.39, 0.29) is 5.75 Å². The summed E-state index contributed by atoms with van der Waals surface area (Å²) in [5.41, 5.74) is 1.78. The van der Waals surface area contributed by atoms with Gasteiger partial charge in [-0.15, -0.1) is 0 Å². The number of carbonyl (C=O) groups is 1. The molecule has 0 aliphatic heterocycles. The predicted octanol–water partition coefficient (Wildman–Crippen LogP) is 1.70. The fraction of sp³-hybridized carbons (Fsp3) is 0.300. The summed E-state index contributed by atoms with van der Waals surface area (Å²) in [7, 11) is 0. The van der Waals surface area contributed by atoms with E-state index >= 15 is 0 Å². The van der Waals surface area contributed by atoms with Crippen molar-refractivity contribution < 1.29 is 9.90 Å².